The van der Waals surface area contributed by atoms with Gasteiger partial charge in [0.05, 0.1) is 11.2 Å². The normalized spacial score (nSPS) is 10.3. The summed E-state index contributed by atoms with van der Waals surface area (Å²) in [6.07, 6.45) is 1.65. The van der Waals surface area contributed by atoms with Crippen molar-refractivity contribution in [2.75, 3.05) is 5.32 Å². The second kappa shape index (κ2) is 6.47. The summed E-state index contributed by atoms with van der Waals surface area (Å²) in [5, 5.41) is 7.07. The van der Waals surface area contributed by atoms with Gasteiger partial charge < -0.3 is 4.74 Å². The average molecular weight is 317 g/mol. The maximum absolute atomic E-state index is 12.0. The first-order chi connectivity index (χ1) is 10.3. The second-order valence-corrected chi connectivity index (χ2v) is 5.70. The number of aromatic nitrogens is 2. The van der Waals surface area contributed by atoms with E-state index in [1.54, 1.807) is 36.0 Å². The molecule has 0 saturated carbocycles. The number of ether oxygens (including phenoxy) is 1. The number of thiazole rings is 2. The van der Waals surface area contributed by atoms with Crippen molar-refractivity contribution in [2.45, 2.75) is 6.61 Å². The minimum atomic E-state index is -0.184. The van der Waals surface area contributed by atoms with Crippen molar-refractivity contribution in [1.29, 1.82) is 0 Å². The number of carbonyl (C=O) groups excluding carboxylic acids is 1. The third-order valence-corrected chi connectivity index (χ3v) is 3.96. The Morgan fingerprint density at radius 3 is 2.76 bits per heavy atom. The summed E-state index contributed by atoms with van der Waals surface area (Å²) in [6, 6.07) is 6.98. The van der Waals surface area contributed by atoms with Gasteiger partial charge in [0.2, 0.25) is 0 Å². The van der Waals surface area contributed by atoms with Crippen LogP contribution in [0.25, 0.3) is 0 Å². The zero-order valence-corrected chi connectivity index (χ0v) is 12.5. The van der Waals surface area contributed by atoms with Gasteiger partial charge >= 0.3 is 0 Å². The fourth-order valence-corrected chi connectivity index (χ4v) is 2.69. The van der Waals surface area contributed by atoms with E-state index in [4.69, 9.17) is 4.74 Å². The molecule has 0 aliphatic carbocycles. The lowest BCUT2D eigenvalue weighted by Crippen LogP contribution is -2.11. The van der Waals surface area contributed by atoms with Gasteiger partial charge in [-0.25, -0.2) is 9.97 Å². The van der Waals surface area contributed by atoms with E-state index < -0.39 is 0 Å². The Bertz CT molecular complexity index is 694. The molecule has 3 rings (SSSR count). The first-order valence-electron chi connectivity index (χ1n) is 6.12. The van der Waals surface area contributed by atoms with E-state index in [1.807, 2.05) is 10.8 Å². The Morgan fingerprint density at radius 1 is 1.24 bits per heavy atom. The van der Waals surface area contributed by atoms with Crippen LogP contribution in [0, 0.1) is 0 Å². The predicted molar refractivity (Wildman–Crippen MR) is 83.0 cm³/mol. The molecule has 0 unspecified atom stereocenters. The number of hydrogen-bond donors (Lipinski definition) is 1. The monoisotopic (exact) mass is 317 g/mol. The third-order valence-electron chi connectivity index (χ3n) is 2.64. The van der Waals surface area contributed by atoms with Crippen LogP contribution in [0.4, 0.5) is 5.13 Å². The minimum absolute atomic E-state index is 0.184. The summed E-state index contributed by atoms with van der Waals surface area (Å²) in [5.41, 5.74) is 3.22. The van der Waals surface area contributed by atoms with E-state index in [0.717, 1.165) is 5.69 Å². The lowest BCUT2D eigenvalue weighted by molar-refractivity contribution is 0.102. The summed E-state index contributed by atoms with van der Waals surface area (Å²) < 4.78 is 5.59. The molecule has 3 aromatic rings. The van der Waals surface area contributed by atoms with Crippen LogP contribution in [-0.2, 0) is 6.61 Å². The fraction of sp³-hybridized carbons (Fsp3) is 0.0714. The molecule has 0 aliphatic rings. The molecule has 0 radical (unpaired) electrons. The predicted octanol–water partition coefficient (Wildman–Crippen LogP) is 3.43. The van der Waals surface area contributed by atoms with Gasteiger partial charge in [-0.2, -0.15) is 0 Å². The average Bonchev–Trinajstić information content (AvgIpc) is 3.19. The largest absolute Gasteiger partial charge is 0.487 e. The number of hydrogen-bond acceptors (Lipinski definition) is 6. The van der Waals surface area contributed by atoms with Crippen LogP contribution in [0.1, 0.15) is 16.1 Å². The Labute approximate surface area is 129 Å². The SMILES string of the molecule is O=C(Nc1nccs1)c1ccc(OCc2cscn2)cc1. The molecule has 21 heavy (non-hydrogen) atoms. The summed E-state index contributed by atoms with van der Waals surface area (Å²) in [6.45, 7) is 0.425. The number of anilines is 1. The molecular formula is C14H11N3O2S2. The lowest BCUT2D eigenvalue weighted by atomic mass is 10.2. The Morgan fingerprint density at radius 2 is 2.10 bits per heavy atom. The molecule has 2 aromatic heterocycles. The number of rotatable bonds is 5. The molecule has 1 amide bonds. The van der Waals surface area contributed by atoms with Crippen LogP contribution in [0.3, 0.4) is 0 Å². The molecule has 7 heteroatoms. The first-order valence-corrected chi connectivity index (χ1v) is 7.94. The summed E-state index contributed by atoms with van der Waals surface area (Å²) in [7, 11) is 0. The highest BCUT2D eigenvalue weighted by atomic mass is 32.1. The Balaban J connectivity index is 1.59. The van der Waals surface area contributed by atoms with Gasteiger partial charge in [-0.15, -0.1) is 22.7 Å². The lowest BCUT2D eigenvalue weighted by Gasteiger charge is -2.06. The van der Waals surface area contributed by atoms with Gasteiger partial charge in [0, 0.05) is 22.5 Å². The highest BCUT2D eigenvalue weighted by molar-refractivity contribution is 7.13. The second-order valence-electron chi connectivity index (χ2n) is 4.08. The van der Waals surface area contributed by atoms with Crippen molar-refractivity contribution in [3.63, 3.8) is 0 Å². The van der Waals surface area contributed by atoms with E-state index in [1.165, 1.54) is 22.7 Å². The summed E-state index contributed by atoms with van der Waals surface area (Å²) >= 11 is 2.92. The van der Waals surface area contributed by atoms with Gasteiger partial charge in [0.15, 0.2) is 5.13 Å². The molecule has 106 valence electrons. The number of benzene rings is 1. The number of carbonyl (C=O) groups is 1. The molecule has 5 nitrogen and oxygen atoms in total. The molecule has 0 saturated heterocycles. The fourth-order valence-electron chi connectivity index (χ4n) is 1.62. The Hall–Kier alpha value is -2.25. The molecular weight excluding hydrogens is 306 g/mol. The van der Waals surface area contributed by atoms with Crippen LogP contribution in [0.2, 0.25) is 0 Å². The molecule has 2 heterocycles. The van der Waals surface area contributed by atoms with Crippen LogP contribution in [0.5, 0.6) is 5.75 Å². The van der Waals surface area contributed by atoms with Crippen LogP contribution < -0.4 is 10.1 Å². The quantitative estimate of drug-likeness (QED) is 0.783. The van der Waals surface area contributed by atoms with Gasteiger partial charge in [-0.05, 0) is 24.3 Å². The van der Waals surface area contributed by atoms with Crippen LogP contribution >= 0.6 is 22.7 Å². The summed E-state index contributed by atoms with van der Waals surface area (Å²) in [4.78, 5) is 20.1. The van der Waals surface area contributed by atoms with Gasteiger partial charge in [-0.1, -0.05) is 0 Å². The smallest absolute Gasteiger partial charge is 0.257 e. The van der Waals surface area contributed by atoms with Crippen molar-refractivity contribution in [2.24, 2.45) is 0 Å². The van der Waals surface area contributed by atoms with Crippen LogP contribution in [-0.4, -0.2) is 15.9 Å². The third kappa shape index (κ3) is 3.65. The standard InChI is InChI=1S/C14H11N3O2S2/c18-13(17-14-15-5-6-21-14)10-1-3-12(4-2-10)19-7-11-8-20-9-16-11/h1-6,8-9H,7H2,(H,15,17,18). The molecule has 0 atom stereocenters. The molecule has 1 aromatic carbocycles. The van der Waals surface area contributed by atoms with Crippen molar-refractivity contribution in [3.8, 4) is 5.75 Å². The van der Waals surface area contributed by atoms with Crippen molar-refractivity contribution in [1.82, 2.24) is 9.97 Å². The molecule has 0 spiro atoms. The van der Waals surface area contributed by atoms with Crippen molar-refractivity contribution in [3.05, 3.63) is 58.0 Å². The first kappa shape index (κ1) is 13.7. The molecule has 0 aliphatic heterocycles. The molecule has 1 N–H and O–H groups in total. The molecule has 0 fully saturated rings. The van der Waals surface area contributed by atoms with Gasteiger partial charge in [-0.3, -0.25) is 10.1 Å². The highest BCUT2D eigenvalue weighted by Gasteiger charge is 2.07. The van der Waals surface area contributed by atoms with Crippen LogP contribution in [0.15, 0.2) is 46.7 Å². The van der Waals surface area contributed by atoms with Crippen molar-refractivity contribution >= 4 is 33.7 Å². The van der Waals surface area contributed by atoms with Gasteiger partial charge in [0.1, 0.15) is 12.4 Å². The van der Waals surface area contributed by atoms with Crippen molar-refractivity contribution < 1.29 is 9.53 Å². The topological polar surface area (TPSA) is 64.1 Å². The minimum Gasteiger partial charge on any atom is -0.487 e. The van der Waals surface area contributed by atoms with E-state index in [9.17, 15) is 4.79 Å². The van der Waals surface area contributed by atoms with E-state index >= 15 is 0 Å². The van der Waals surface area contributed by atoms with Gasteiger partial charge in [0.25, 0.3) is 5.91 Å². The number of amides is 1. The zero-order valence-electron chi connectivity index (χ0n) is 10.9. The number of nitrogens with zero attached hydrogens (tertiary/aromatic N) is 2. The maximum atomic E-state index is 12.0. The van der Waals surface area contributed by atoms with E-state index in [-0.39, 0.29) is 5.91 Å². The maximum Gasteiger partial charge on any atom is 0.257 e. The summed E-state index contributed by atoms with van der Waals surface area (Å²) in [5.74, 6) is 0.518. The van der Waals surface area contributed by atoms with E-state index in [0.29, 0.717) is 23.1 Å². The van der Waals surface area contributed by atoms with E-state index in [2.05, 4.69) is 15.3 Å². The highest BCUT2D eigenvalue weighted by Crippen LogP contribution is 2.16. The molecule has 0 bridgehead atoms. The Kier molecular flexibility index (Phi) is 4.23. The zero-order chi connectivity index (χ0) is 14.5. The number of nitrogens with one attached hydrogen (secondary N) is 1.